The lowest BCUT2D eigenvalue weighted by molar-refractivity contribution is -0.140. The molecule has 1 saturated heterocycles. The minimum absolute atomic E-state index is 0.0594. The van der Waals surface area contributed by atoms with E-state index in [9.17, 15) is 9.59 Å². The van der Waals surface area contributed by atoms with Crippen molar-refractivity contribution in [1.82, 2.24) is 10.2 Å². The summed E-state index contributed by atoms with van der Waals surface area (Å²) in [5.41, 5.74) is -0.350. The average Bonchev–Trinajstić information content (AvgIpc) is 2.69. The molecule has 1 N–H and O–H groups in total. The Morgan fingerprint density at radius 2 is 2.24 bits per heavy atom. The SMILES string of the molecule is CNC(=O)C1(C)CCN(CC(Br)C(=O)OC)C1. The molecule has 1 amide bonds. The van der Waals surface area contributed by atoms with Gasteiger partial charge in [-0.3, -0.25) is 9.59 Å². The number of halogens is 1. The first-order valence-electron chi connectivity index (χ1n) is 5.59. The number of methoxy groups -OCH3 is 1. The van der Waals surface area contributed by atoms with E-state index in [2.05, 4.69) is 30.9 Å². The number of nitrogens with zero attached hydrogens (tertiary/aromatic N) is 1. The Morgan fingerprint density at radius 3 is 2.76 bits per heavy atom. The van der Waals surface area contributed by atoms with Gasteiger partial charge in [-0.25, -0.2) is 0 Å². The van der Waals surface area contributed by atoms with Crippen molar-refractivity contribution in [3.05, 3.63) is 0 Å². The summed E-state index contributed by atoms with van der Waals surface area (Å²) in [6.45, 7) is 4.02. The van der Waals surface area contributed by atoms with Crippen molar-refractivity contribution in [3.63, 3.8) is 0 Å². The van der Waals surface area contributed by atoms with Gasteiger partial charge in [-0.1, -0.05) is 15.9 Å². The molecule has 5 nitrogen and oxygen atoms in total. The molecule has 0 aliphatic carbocycles. The quantitative estimate of drug-likeness (QED) is 0.603. The average molecular weight is 307 g/mol. The van der Waals surface area contributed by atoms with Crippen LogP contribution in [-0.2, 0) is 14.3 Å². The van der Waals surface area contributed by atoms with E-state index in [4.69, 9.17) is 0 Å². The zero-order valence-electron chi connectivity index (χ0n) is 10.5. The largest absolute Gasteiger partial charge is 0.468 e. The van der Waals surface area contributed by atoms with E-state index in [0.717, 1.165) is 13.0 Å². The van der Waals surface area contributed by atoms with Crippen LogP contribution in [0.4, 0.5) is 0 Å². The molecule has 1 rings (SSSR count). The van der Waals surface area contributed by atoms with Gasteiger partial charge < -0.3 is 15.0 Å². The van der Waals surface area contributed by atoms with Gasteiger partial charge in [0.25, 0.3) is 0 Å². The standard InChI is InChI=1S/C11H19BrN2O3/c1-11(10(16)13-2)4-5-14(7-11)6-8(12)9(15)17-3/h8H,4-7H2,1-3H3,(H,13,16). The van der Waals surface area contributed by atoms with Crippen molar-refractivity contribution in [2.24, 2.45) is 5.41 Å². The molecular weight excluding hydrogens is 288 g/mol. The molecule has 1 aliphatic rings. The van der Waals surface area contributed by atoms with Crippen LogP contribution in [0.25, 0.3) is 0 Å². The van der Waals surface area contributed by atoms with Crippen LogP contribution in [0.3, 0.4) is 0 Å². The van der Waals surface area contributed by atoms with Crippen molar-refractivity contribution in [3.8, 4) is 0 Å². The lowest BCUT2D eigenvalue weighted by Gasteiger charge is -2.23. The molecule has 6 heteroatoms. The Bertz CT molecular complexity index is 311. The highest BCUT2D eigenvalue weighted by atomic mass is 79.9. The summed E-state index contributed by atoms with van der Waals surface area (Å²) in [5.74, 6) is -0.220. The first-order valence-corrected chi connectivity index (χ1v) is 6.51. The van der Waals surface area contributed by atoms with Crippen LogP contribution >= 0.6 is 15.9 Å². The maximum Gasteiger partial charge on any atom is 0.320 e. The van der Waals surface area contributed by atoms with E-state index >= 15 is 0 Å². The van der Waals surface area contributed by atoms with Crippen molar-refractivity contribution >= 4 is 27.8 Å². The van der Waals surface area contributed by atoms with Gasteiger partial charge in [0, 0.05) is 20.1 Å². The summed E-state index contributed by atoms with van der Waals surface area (Å²) in [7, 11) is 3.02. The van der Waals surface area contributed by atoms with Crippen LogP contribution in [0.2, 0.25) is 0 Å². The third-order valence-corrected chi connectivity index (χ3v) is 3.87. The van der Waals surface area contributed by atoms with Gasteiger partial charge in [0.2, 0.25) is 5.91 Å². The van der Waals surface area contributed by atoms with Gasteiger partial charge in [-0.05, 0) is 19.9 Å². The summed E-state index contributed by atoms with van der Waals surface area (Å²) >= 11 is 3.29. The highest BCUT2D eigenvalue weighted by molar-refractivity contribution is 9.10. The molecule has 0 spiro atoms. The van der Waals surface area contributed by atoms with Gasteiger partial charge in [0.05, 0.1) is 12.5 Å². The Morgan fingerprint density at radius 1 is 1.59 bits per heavy atom. The van der Waals surface area contributed by atoms with E-state index in [0.29, 0.717) is 13.1 Å². The van der Waals surface area contributed by atoms with Crippen molar-refractivity contribution in [2.45, 2.75) is 18.2 Å². The number of amides is 1. The molecule has 2 atom stereocenters. The summed E-state index contributed by atoms with van der Waals surface area (Å²) in [6.07, 6.45) is 0.813. The lowest BCUT2D eigenvalue weighted by atomic mass is 9.89. The molecule has 2 unspecified atom stereocenters. The number of carbonyl (C=O) groups is 2. The van der Waals surface area contributed by atoms with Gasteiger partial charge >= 0.3 is 5.97 Å². The highest BCUT2D eigenvalue weighted by Crippen LogP contribution is 2.30. The van der Waals surface area contributed by atoms with Crippen LogP contribution in [0.15, 0.2) is 0 Å². The predicted molar refractivity (Wildman–Crippen MR) is 68.0 cm³/mol. The number of alkyl halides is 1. The Kier molecular flexibility index (Phi) is 4.94. The topological polar surface area (TPSA) is 58.6 Å². The third kappa shape index (κ3) is 3.42. The first-order chi connectivity index (χ1) is 7.92. The van der Waals surface area contributed by atoms with E-state index < -0.39 is 0 Å². The maximum absolute atomic E-state index is 11.7. The van der Waals surface area contributed by atoms with Crippen LogP contribution in [0.1, 0.15) is 13.3 Å². The number of hydrogen-bond donors (Lipinski definition) is 1. The zero-order chi connectivity index (χ0) is 13.1. The van der Waals surface area contributed by atoms with Gasteiger partial charge in [-0.2, -0.15) is 0 Å². The molecule has 17 heavy (non-hydrogen) atoms. The molecule has 1 heterocycles. The normalized spacial score (nSPS) is 26.6. The summed E-state index contributed by atoms with van der Waals surface area (Å²) in [4.78, 5) is 24.8. The van der Waals surface area contributed by atoms with Crippen molar-refractivity contribution in [1.29, 1.82) is 0 Å². The van der Waals surface area contributed by atoms with Gasteiger partial charge in [0.1, 0.15) is 4.83 Å². The molecule has 98 valence electrons. The molecule has 0 aromatic carbocycles. The smallest absolute Gasteiger partial charge is 0.320 e. The van der Waals surface area contributed by atoms with E-state index in [1.165, 1.54) is 7.11 Å². The second-order valence-corrected chi connectivity index (χ2v) is 5.72. The molecule has 0 aromatic heterocycles. The van der Waals surface area contributed by atoms with E-state index in [1.54, 1.807) is 7.05 Å². The molecule has 0 saturated carbocycles. The van der Waals surface area contributed by atoms with Gasteiger partial charge in [-0.15, -0.1) is 0 Å². The molecule has 0 aromatic rings. The minimum atomic E-state index is -0.350. The van der Waals surface area contributed by atoms with Gasteiger partial charge in [0.15, 0.2) is 0 Å². The Balaban J connectivity index is 2.51. The molecule has 0 radical (unpaired) electrons. The molecular formula is C11H19BrN2O3. The highest BCUT2D eigenvalue weighted by Gasteiger charge is 2.40. The van der Waals surface area contributed by atoms with Crippen LogP contribution in [-0.4, -0.2) is 55.4 Å². The second-order valence-electron chi connectivity index (χ2n) is 4.62. The zero-order valence-corrected chi connectivity index (χ0v) is 12.0. The predicted octanol–water partition coefficient (Wildman–Crippen LogP) is 0.381. The lowest BCUT2D eigenvalue weighted by Crippen LogP contribution is -2.40. The van der Waals surface area contributed by atoms with Crippen LogP contribution < -0.4 is 5.32 Å². The fourth-order valence-corrected chi connectivity index (χ4v) is 2.72. The summed E-state index contributed by atoms with van der Waals surface area (Å²) in [6, 6.07) is 0. The monoisotopic (exact) mass is 306 g/mol. The molecule has 0 bridgehead atoms. The number of esters is 1. The number of hydrogen-bond acceptors (Lipinski definition) is 4. The van der Waals surface area contributed by atoms with Crippen molar-refractivity contribution in [2.75, 3.05) is 33.8 Å². The molecule has 1 fully saturated rings. The number of ether oxygens (including phenoxy) is 1. The third-order valence-electron chi connectivity index (χ3n) is 3.20. The second kappa shape index (κ2) is 5.82. The number of rotatable bonds is 4. The van der Waals surface area contributed by atoms with Crippen molar-refractivity contribution < 1.29 is 14.3 Å². The maximum atomic E-state index is 11.7. The Labute approximate surface area is 110 Å². The fourth-order valence-electron chi connectivity index (χ4n) is 2.13. The summed E-state index contributed by atoms with van der Waals surface area (Å²) < 4.78 is 4.65. The number of carbonyl (C=O) groups excluding carboxylic acids is 2. The number of nitrogens with one attached hydrogen (secondary N) is 1. The minimum Gasteiger partial charge on any atom is -0.468 e. The van der Waals surface area contributed by atoms with E-state index in [-0.39, 0.29) is 22.1 Å². The van der Waals surface area contributed by atoms with Crippen LogP contribution in [0.5, 0.6) is 0 Å². The Hall–Kier alpha value is -0.620. The first kappa shape index (κ1) is 14.4. The van der Waals surface area contributed by atoms with Crippen LogP contribution in [0, 0.1) is 5.41 Å². The fraction of sp³-hybridized carbons (Fsp3) is 0.818. The molecule has 1 aliphatic heterocycles. The summed E-state index contributed by atoms with van der Waals surface area (Å²) in [5, 5.41) is 2.69. The van der Waals surface area contributed by atoms with E-state index in [1.807, 2.05) is 6.92 Å². The number of likely N-dealkylation sites (tertiary alicyclic amines) is 1.